The van der Waals surface area contributed by atoms with Crippen molar-refractivity contribution in [2.45, 2.75) is 19.5 Å². The van der Waals surface area contributed by atoms with Gasteiger partial charge in [-0.25, -0.2) is 8.78 Å². The maximum Gasteiger partial charge on any atom is 0.423 e. The molecule has 1 amide bonds. The van der Waals surface area contributed by atoms with Crippen LogP contribution in [0.2, 0.25) is 0 Å². The summed E-state index contributed by atoms with van der Waals surface area (Å²) in [5, 5.41) is 13.0. The molecule has 0 aromatic heterocycles. The molecule has 0 unspecified atom stereocenters. The van der Waals surface area contributed by atoms with Gasteiger partial charge in [0.1, 0.15) is 11.3 Å². The number of hydrogen-bond acceptors (Lipinski definition) is 4. The summed E-state index contributed by atoms with van der Waals surface area (Å²) in [6.45, 7) is 0.748. The number of nitro groups is 1. The molecule has 0 heterocycles. The standard InChI is InChI=1S/C17H13F5N2O4/c1-9-13(4-5-14(24(26)27)16(9)17(20,21)22)23-15(25)6-7-28-10-2-3-11(18)12(19)8-10/h2-5,8H,6-7H2,1H3,(H,23,25). The van der Waals surface area contributed by atoms with E-state index in [4.69, 9.17) is 4.74 Å². The molecule has 1 N–H and O–H groups in total. The van der Waals surface area contributed by atoms with E-state index in [0.29, 0.717) is 6.07 Å². The monoisotopic (exact) mass is 404 g/mol. The number of hydrogen-bond donors (Lipinski definition) is 1. The summed E-state index contributed by atoms with van der Waals surface area (Å²) in [5.74, 6) is -2.97. The summed E-state index contributed by atoms with van der Waals surface area (Å²) in [6.07, 6.45) is -5.29. The fourth-order valence-corrected chi connectivity index (χ4v) is 2.38. The number of halogens is 5. The molecule has 28 heavy (non-hydrogen) atoms. The van der Waals surface area contributed by atoms with Gasteiger partial charge >= 0.3 is 6.18 Å². The van der Waals surface area contributed by atoms with Crippen LogP contribution in [0.5, 0.6) is 5.75 Å². The van der Waals surface area contributed by atoms with E-state index < -0.39 is 45.5 Å². The Balaban J connectivity index is 2.07. The summed E-state index contributed by atoms with van der Waals surface area (Å²) in [4.78, 5) is 21.6. The molecule has 0 fully saturated rings. The quantitative estimate of drug-likeness (QED) is 0.433. The Morgan fingerprint density at radius 2 is 1.86 bits per heavy atom. The topological polar surface area (TPSA) is 81.5 Å². The number of carbonyl (C=O) groups is 1. The Morgan fingerprint density at radius 3 is 2.43 bits per heavy atom. The molecule has 2 rings (SSSR count). The van der Waals surface area contributed by atoms with E-state index in [0.717, 1.165) is 31.2 Å². The van der Waals surface area contributed by atoms with E-state index in [1.807, 2.05) is 0 Å². The van der Waals surface area contributed by atoms with E-state index in [1.54, 1.807) is 0 Å². The third-order valence-electron chi connectivity index (χ3n) is 3.69. The molecule has 0 radical (unpaired) electrons. The Kier molecular flexibility index (Phi) is 6.16. The zero-order valence-electron chi connectivity index (χ0n) is 14.3. The third kappa shape index (κ3) is 4.93. The van der Waals surface area contributed by atoms with Crippen LogP contribution in [0.25, 0.3) is 0 Å². The molecule has 11 heteroatoms. The molecule has 0 spiro atoms. The molecule has 0 atom stereocenters. The fourth-order valence-electron chi connectivity index (χ4n) is 2.38. The van der Waals surface area contributed by atoms with E-state index in [9.17, 15) is 36.9 Å². The van der Waals surface area contributed by atoms with Gasteiger partial charge in [-0.3, -0.25) is 14.9 Å². The summed E-state index contributed by atoms with van der Waals surface area (Å²) >= 11 is 0. The number of carbonyl (C=O) groups excluding carboxylic acids is 1. The summed E-state index contributed by atoms with van der Waals surface area (Å²) in [6, 6.07) is 4.42. The number of nitrogens with zero attached hydrogens (tertiary/aromatic N) is 1. The number of benzene rings is 2. The van der Waals surface area contributed by atoms with Gasteiger partial charge in [-0.2, -0.15) is 13.2 Å². The molecular formula is C17H13F5N2O4. The maximum atomic E-state index is 13.1. The lowest BCUT2D eigenvalue weighted by molar-refractivity contribution is -0.388. The lowest BCUT2D eigenvalue weighted by Gasteiger charge is -2.15. The number of ether oxygens (including phenoxy) is 1. The van der Waals surface area contributed by atoms with Crippen LogP contribution in [-0.2, 0) is 11.0 Å². The Hall–Kier alpha value is -3.24. The maximum absolute atomic E-state index is 13.1. The molecule has 0 aliphatic carbocycles. The van der Waals surface area contributed by atoms with Crippen molar-refractivity contribution in [3.05, 3.63) is 63.2 Å². The lowest BCUT2D eigenvalue weighted by atomic mass is 10.0. The van der Waals surface area contributed by atoms with Crippen molar-refractivity contribution >= 4 is 17.3 Å². The SMILES string of the molecule is Cc1c(NC(=O)CCOc2ccc(F)c(F)c2)ccc([N+](=O)[O-])c1C(F)(F)F. The molecule has 0 saturated carbocycles. The second-order valence-electron chi connectivity index (χ2n) is 5.61. The van der Waals surface area contributed by atoms with E-state index in [2.05, 4.69) is 5.32 Å². The molecule has 0 saturated heterocycles. The minimum Gasteiger partial charge on any atom is -0.493 e. The van der Waals surface area contributed by atoms with Crippen LogP contribution in [0.15, 0.2) is 30.3 Å². The summed E-state index contributed by atoms with van der Waals surface area (Å²) in [5.41, 5.74) is -3.31. The Bertz CT molecular complexity index is 915. The number of nitrogens with one attached hydrogen (secondary N) is 1. The molecule has 0 aliphatic heterocycles. The van der Waals surface area contributed by atoms with Crippen molar-refractivity contribution in [2.24, 2.45) is 0 Å². The molecule has 2 aromatic rings. The van der Waals surface area contributed by atoms with Crippen LogP contribution in [0.4, 0.5) is 33.3 Å². The van der Waals surface area contributed by atoms with E-state index >= 15 is 0 Å². The van der Waals surface area contributed by atoms with Gasteiger partial charge in [0.25, 0.3) is 5.69 Å². The van der Waals surface area contributed by atoms with Crippen LogP contribution >= 0.6 is 0 Å². The van der Waals surface area contributed by atoms with Crippen molar-refractivity contribution in [1.29, 1.82) is 0 Å². The van der Waals surface area contributed by atoms with Gasteiger partial charge < -0.3 is 10.1 Å². The smallest absolute Gasteiger partial charge is 0.423 e. The van der Waals surface area contributed by atoms with Crippen LogP contribution in [0.3, 0.4) is 0 Å². The van der Waals surface area contributed by atoms with E-state index in [-0.39, 0.29) is 24.5 Å². The number of rotatable bonds is 6. The normalized spacial score (nSPS) is 11.2. The van der Waals surface area contributed by atoms with Gasteiger partial charge in [0.2, 0.25) is 5.91 Å². The highest BCUT2D eigenvalue weighted by atomic mass is 19.4. The molecule has 0 aliphatic rings. The second kappa shape index (κ2) is 8.19. The van der Waals surface area contributed by atoms with E-state index in [1.165, 1.54) is 0 Å². The van der Waals surface area contributed by atoms with Gasteiger partial charge in [-0.15, -0.1) is 0 Å². The second-order valence-corrected chi connectivity index (χ2v) is 5.61. The van der Waals surface area contributed by atoms with Crippen LogP contribution in [0, 0.1) is 28.7 Å². The molecule has 6 nitrogen and oxygen atoms in total. The zero-order chi connectivity index (χ0) is 21.1. The first-order valence-electron chi connectivity index (χ1n) is 7.73. The number of alkyl halides is 3. The van der Waals surface area contributed by atoms with Crippen molar-refractivity contribution < 1.29 is 36.4 Å². The minimum absolute atomic E-state index is 0.0300. The lowest BCUT2D eigenvalue weighted by Crippen LogP contribution is -2.18. The molecule has 0 bridgehead atoms. The molecular weight excluding hydrogens is 391 g/mol. The van der Waals surface area contributed by atoms with Crippen molar-refractivity contribution in [2.75, 3.05) is 11.9 Å². The number of anilines is 1. The number of nitro benzene ring substituents is 1. The highest BCUT2D eigenvalue weighted by Crippen LogP contribution is 2.40. The van der Waals surface area contributed by atoms with Gasteiger partial charge in [0.05, 0.1) is 18.0 Å². The van der Waals surface area contributed by atoms with Gasteiger partial charge in [-0.1, -0.05) is 0 Å². The summed E-state index contributed by atoms with van der Waals surface area (Å²) < 4.78 is 70.4. The van der Waals surface area contributed by atoms with Gasteiger partial charge in [0.15, 0.2) is 11.6 Å². The number of amides is 1. The predicted octanol–water partition coefficient (Wildman–Crippen LogP) is 4.61. The van der Waals surface area contributed by atoms with Gasteiger partial charge in [-0.05, 0) is 30.7 Å². The molecule has 2 aromatic carbocycles. The summed E-state index contributed by atoms with van der Waals surface area (Å²) in [7, 11) is 0. The first-order valence-corrected chi connectivity index (χ1v) is 7.73. The van der Waals surface area contributed by atoms with Crippen LogP contribution in [0.1, 0.15) is 17.5 Å². The Morgan fingerprint density at radius 1 is 1.18 bits per heavy atom. The fraction of sp³-hybridized carbons (Fsp3) is 0.235. The van der Waals surface area contributed by atoms with Crippen LogP contribution < -0.4 is 10.1 Å². The van der Waals surface area contributed by atoms with Crippen LogP contribution in [-0.4, -0.2) is 17.4 Å². The average Bonchev–Trinajstić information content (AvgIpc) is 2.58. The van der Waals surface area contributed by atoms with Gasteiger partial charge in [0, 0.05) is 17.8 Å². The average molecular weight is 404 g/mol. The van der Waals surface area contributed by atoms with Crippen molar-refractivity contribution in [1.82, 2.24) is 0 Å². The van der Waals surface area contributed by atoms with Crippen molar-refractivity contribution in [3.8, 4) is 5.75 Å². The predicted molar refractivity (Wildman–Crippen MR) is 87.9 cm³/mol. The highest BCUT2D eigenvalue weighted by molar-refractivity contribution is 5.92. The molecule has 150 valence electrons. The largest absolute Gasteiger partial charge is 0.493 e. The third-order valence-corrected chi connectivity index (χ3v) is 3.69. The Labute approximate surface area is 155 Å². The van der Waals surface area contributed by atoms with Crippen molar-refractivity contribution in [3.63, 3.8) is 0 Å². The first-order chi connectivity index (χ1) is 13.0. The zero-order valence-corrected chi connectivity index (χ0v) is 14.3. The highest BCUT2D eigenvalue weighted by Gasteiger charge is 2.40. The first kappa shape index (κ1) is 21.1. The minimum atomic E-state index is -4.98.